The van der Waals surface area contributed by atoms with Crippen molar-refractivity contribution in [2.24, 2.45) is 0 Å². The van der Waals surface area contributed by atoms with Crippen LogP contribution in [-0.4, -0.2) is 39.2 Å². The number of nitrogens with zero attached hydrogens (tertiary/aromatic N) is 4. The van der Waals surface area contributed by atoms with Crippen molar-refractivity contribution in [2.45, 2.75) is 64.0 Å². The van der Waals surface area contributed by atoms with E-state index in [9.17, 15) is 4.79 Å². The van der Waals surface area contributed by atoms with E-state index in [1.165, 1.54) is 19.3 Å². The second kappa shape index (κ2) is 8.11. The Morgan fingerprint density at radius 2 is 1.96 bits per heavy atom. The SMILES string of the molecule is COc1ccc(CCC(=O)N2CCCC2c2nnc3n2CCCCC3)cc1. The standard InChI is InChI=1S/C21H28N4O2/c1-27-17-11-8-16(9-12-17)10-13-20(26)24-15-5-6-18(24)21-23-22-19-7-3-2-4-14-25(19)21/h8-9,11-12,18H,2-7,10,13-15H2,1H3. The molecule has 0 radical (unpaired) electrons. The average molecular weight is 368 g/mol. The maximum atomic E-state index is 12.9. The Bertz CT molecular complexity index is 784. The first-order valence-electron chi connectivity index (χ1n) is 10.1. The highest BCUT2D eigenvalue weighted by Gasteiger charge is 2.34. The summed E-state index contributed by atoms with van der Waals surface area (Å²) in [5.74, 6) is 3.17. The van der Waals surface area contributed by atoms with Crippen LogP contribution >= 0.6 is 0 Å². The number of benzene rings is 1. The van der Waals surface area contributed by atoms with Gasteiger partial charge < -0.3 is 14.2 Å². The Kier molecular flexibility index (Phi) is 5.41. The van der Waals surface area contributed by atoms with E-state index in [4.69, 9.17) is 4.74 Å². The van der Waals surface area contributed by atoms with Gasteiger partial charge in [-0.25, -0.2) is 0 Å². The Labute approximate surface area is 160 Å². The summed E-state index contributed by atoms with van der Waals surface area (Å²) in [6, 6.07) is 8.05. The van der Waals surface area contributed by atoms with Gasteiger partial charge in [0, 0.05) is 25.9 Å². The second-order valence-corrected chi connectivity index (χ2v) is 7.53. The molecule has 3 heterocycles. The van der Waals surface area contributed by atoms with Gasteiger partial charge in [0.15, 0.2) is 5.82 Å². The zero-order valence-electron chi connectivity index (χ0n) is 16.1. The number of hydrogen-bond donors (Lipinski definition) is 0. The third-order valence-corrected chi connectivity index (χ3v) is 5.80. The molecule has 1 unspecified atom stereocenters. The first kappa shape index (κ1) is 18.0. The van der Waals surface area contributed by atoms with Crippen LogP contribution in [0, 0.1) is 0 Å². The Morgan fingerprint density at radius 1 is 1.11 bits per heavy atom. The molecule has 1 amide bonds. The van der Waals surface area contributed by atoms with E-state index in [1.807, 2.05) is 29.2 Å². The maximum Gasteiger partial charge on any atom is 0.223 e. The zero-order valence-corrected chi connectivity index (χ0v) is 16.1. The predicted octanol–water partition coefficient (Wildman–Crippen LogP) is 3.31. The molecular weight excluding hydrogens is 340 g/mol. The predicted molar refractivity (Wildman–Crippen MR) is 103 cm³/mol. The van der Waals surface area contributed by atoms with Crippen molar-refractivity contribution >= 4 is 5.91 Å². The molecule has 2 aliphatic heterocycles. The quantitative estimate of drug-likeness (QED) is 0.812. The number of aromatic nitrogens is 3. The summed E-state index contributed by atoms with van der Waals surface area (Å²) in [5, 5.41) is 8.92. The molecule has 1 atom stereocenters. The Morgan fingerprint density at radius 3 is 2.78 bits per heavy atom. The lowest BCUT2D eigenvalue weighted by atomic mass is 10.1. The second-order valence-electron chi connectivity index (χ2n) is 7.53. The van der Waals surface area contributed by atoms with Crippen molar-refractivity contribution in [3.63, 3.8) is 0 Å². The summed E-state index contributed by atoms with van der Waals surface area (Å²) in [6.07, 6.45) is 7.94. The fourth-order valence-corrected chi connectivity index (χ4v) is 4.27. The van der Waals surface area contributed by atoms with Crippen molar-refractivity contribution in [1.82, 2.24) is 19.7 Å². The maximum absolute atomic E-state index is 12.9. The third-order valence-electron chi connectivity index (χ3n) is 5.80. The molecule has 1 fully saturated rings. The summed E-state index contributed by atoms with van der Waals surface area (Å²) in [6.45, 7) is 1.82. The summed E-state index contributed by atoms with van der Waals surface area (Å²) >= 11 is 0. The van der Waals surface area contributed by atoms with Gasteiger partial charge in [-0.1, -0.05) is 18.6 Å². The van der Waals surface area contributed by atoms with Crippen LogP contribution in [0.3, 0.4) is 0 Å². The highest BCUT2D eigenvalue weighted by atomic mass is 16.5. The molecule has 2 aromatic rings. The van der Waals surface area contributed by atoms with Crippen molar-refractivity contribution in [2.75, 3.05) is 13.7 Å². The number of fused-ring (bicyclic) bond motifs is 1. The Hall–Kier alpha value is -2.37. The minimum Gasteiger partial charge on any atom is -0.497 e. The van der Waals surface area contributed by atoms with Crippen LogP contribution in [-0.2, 0) is 24.2 Å². The molecule has 0 spiro atoms. The van der Waals surface area contributed by atoms with E-state index in [2.05, 4.69) is 14.8 Å². The monoisotopic (exact) mass is 368 g/mol. The molecule has 4 rings (SSSR count). The summed E-state index contributed by atoms with van der Waals surface area (Å²) in [7, 11) is 1.66. The van der Waals surface area contributed by atoms with Gasteiger partial charge in [0.2, 0.25) is 5.91 Å². The number of carbonyl (C=O) groups excluding carboxylic acids is 1. The third kappa shape index (κ3) is 3.84. The van der Waals surface area contributed by atoms with E-state index in [0.29, 0.717) is 6.42 Å². The minimum atomic E-state index is 0.0905. The lowest BCUT2D eigenvalue weighted by molar-refractivity contribution is -0.132. The van der Waals surface area contributed by atoms with Crippen LogP contribution in [0.1, 0.15) is 61.8 Å². The highest BCUT2D eigenvalue weighted by molar-refractivity contribution is 5.77. The summed E-state index contributed by atoms with van der Waals surface area (Å²) in [4.78, 5) is 15.0. The average Bonchev–Trinajstić information content (AvgIpc) is 3.27. The fourth-order valence-electron chi connectivity index (χ4n) is 4.27. The van der Waals surface area contributed by atoms with Gasteiger partial charge in [-0.15, -0.1) is 10.2 Å². The number of rotatable bonds is 5. The van der Waals surface area contributed by atoms with Crippen molar-refractivity contribution in [3.05, 3.63) is 41.5 Å². The van der Waals surface area contributed by atoms with E-state index >= 15 is 0 Å². The van der Waals surface area contributed by atoms with Crippen molar-refractivity contribution < 1.29 is 9.53 Å². The van der Waals surface area contributed by atoms with Crippen LogP contribution in [0.15, 0.2) is 24.3 Å². The van der Waals surface area contributed by atoms with Gasteiger partial charge in [0.25, 0.3) is 0 Å². The first-order chi connectivity index (χ1) is 13.3. The highest BCUT2D eigenvalue weighted by Crippen LogP contribution is 2.33. The van der Waals surface area contributed by atoms with Gasteiger partial charge in [-0.2, -0.15) is 0 Å². The molecule has 1 aromatic heterocycles. The molecule has 6 heteroatoms. The molecule has 6 nitrogen and oxygen atoms in total. The lowest BCUT2D eigenvalue weighted by Gasteiger charge is -2.25. The molecule has 144 valence electrons. The molecule has 0 bridgehead atoms. The molecule has 0 saturated carbocycles. The molecule has 0 N–H and O–H groups in total. The first-order valence-corrected chi connectivity index (χ1v) is 10.1. The van der Waals surface area contributed by atoms with Gasteiger partial charge in [0.1, 0.15) is 11.6 Å². The van der Waals surface area contributed by atoms with Gasteiger partial charge in [0.05, 0.1) is 13.2 Å². The smallest absolute Gasteiger partial charge is 0.223 e. The van der Waals surface area contributed by atoms with E-state index in [-0.39, 0.29) is 11.9 Å². The van der Waals surface area contributed by atoms with E-state index in [0.717, 1.165) is 61.7 Å². The lowest BCUT2D eigenvalue weighted by Crippen LogP contribution is -2.32. The number of ether oxygens (including phenoxy) is 1. The molecular formula is C21H28N4O2. The number of hydrogen-bond acceptors (Lipinski definition) is 4. The zero-order chi connectivity index (χ0) is 18.6. The van der Waals surface area contributed by atoms with Crippen LogP contribution in [0.5, 0.6) is 5.75 Å². The van der Waals surface area contributed by atoms with E-state index in [1.54, 1.807) is 7.11 Å². The van der Waals surface area contributed by atoms with Crippen molar-refractivity contribution in [3.8, 4) is 5.75 Å². The molecule has 27 heavy (non-hydrogen) atoms. The molecule has 1 aromatic carbocycles. The van der Waals surface area contributed by atoms with Crippen molar-refractivity contribution in [1.29, 1.82) is 0 Å². The normalized spacial score (nSPS) is 19.6. The number of carbonyl (C=O) groups is 1. The largest absolute Gasteiger partial charge is 0.497 e. The van der Waals surface area contributed by atoms with Crippen LogP contribution in [0.25, 0.3) is 0 Å². The van der Waals surface area contributed by atoms with Crippen LogP contribution in [0.4, 0.5) is 0 Å². The fraction of sp³-hybridized carbons (Fsp3) is 0.571. The van der Waals surface area contributed by atoms with Gasteiger partial charge >= 0.3 is 0 Å². The summed E-state index contributed by atoms with van der Waals surface area (Å²) in [5.41, 5.74) is 1.16. The molecule has 0 aliphatic carbocycles. The topological polar surface area (TPSA) is 60.2 Å². The molecule has 2 aliphatic rings. The number of methoxy groups -OCH3 is 1. The molecule has 1 saturated heterocycles. The Balaban J connectivity index is 1.43. The van der Waals surface area contributed by atoms with Crippen LogP contribution < -0.4 is 4.74 Å². The van der Waals surface area contributed by atoms with Gasteiger partial charge in [-0.05, 0) is 49.8 Å². The number of amides is 1. The minimum absolute atomic E-state index is 0.0905. The van der Waals surface area contributed by atoms with Gasteiger partial charge in [-0.3, -0.25) is 4.79 Å². The van der Waals surface area contributed by atoms with E-state index < -0.39 is 0 Å². The number of likely N-dealkylation sites (tertiary alicyclic amines) is 1. The van der Waals surface area contributed by atoms with Crippen LogP contribution in [0.2, 0.25) is 0 Å². The number of aryl methyl sites for hydroxylation is 2. The summed E-state index contributed by atoms with van der Waals surface area (Å²) < 4.78 is 7.48.